The molecule has 1 saturated heterocycles. The lowest BCUT2D eigenvalue weighted by Crippen LogP contribution is -2.61. The van der Waals surface area contributed by atoms with Crippen LogP contribution in [0.2, 0.25) is 0 Å². The Morgan fingerprint density at radius 1 is 1.33 bits per heavy atom. The highest BCUT2D eigenvalue weighted by molar-refractivity contribution is 7.99. The summed E-state index contributed by atoms with van der Waals surface area (Å²) in [5, 5.41) is 4.64. The van der Waals surface area contributed by atoms with Crippen molar-refractivity contribution in [3.05, 3.63) is 0 Å². The van der Waals surface area contributed by atoms with E-state index in [9.17, 15) is 0 Å². The van der Waals surface area contributed by atoms with Crippen LogP contribution in [-0.2, 0) is 0 Å². The molecule has 1 saturated carbocycles. The number of hydrogen-bond acceptors (Lipinski definition) is 3. The van der Waals surface area contributed by atoms with Gasteiger partial charge in [-0.05, 0) is 31.4 Å². The zero-order valence-electron chi connectivity index (χ0n) is 12.5. The van der Waals surface area contributed by atoms with E-state index in [0.29, 0.717) is 6.04 Å². The number of nitrogens with zero attached hydrogens (tertiary/aromatic N) is 1. The SMILES string of the molecule is CCC1CNC(C(C)C)CN1C1CCCC1SC. The molecule has 0 aromatic carbocycles. The van der Waals surface area contributed by atoms with Crippen molar-refractivity contribution in [1.82, 2.24) is 10.2 Å². The molecule has 2 aliphatic rings. The largest absolute Gasteiger partial charge is 0.311 e. The van der Waals surface area contributed by atoms with Gasteiger partial charge in [0.2, 0.25) is 0 Å². The molecule has 0 bridgehead atoms. The molecule has 1 aliphatic carbocycles. The van der Waals surface area contributed by atoms with Gasteiger partial charge in [0.15, 0.2) is 0 Å². The first-order chi connectivity index (χ1) is 8.67. The number of hydrogen-bond donors (Lipinski definition) is 1. The highest BCUT2D eigenvalue weighted by Crippen LogP contribution is 2.34. The standard InChI is InChI=1S/C15H30N2S/c1-5-12-9-16-13(11(2)3)10-17(12)14-7-6-8-15(14)18-4/h11-16H,5-10H2,1-4H3. The van der Waals surface area contributed by atoms with Gasteiger partial charge in [-0.2, -0.15) is 11.8 Å². The van der Waals surface area contributed by atoms with E-state index in [-0.39, 0.29) is 0 Å². The minimum Gasteiger partial charge on any atom is -0.311 e. The smallest absolute Gasteiger partial charge is 0.0222 e. The summed E-state index contributed by atoms with van der Waals surface area (Å²) in [5.41, 5.74) is 0. The van der Waals surface area contributed by atoms with E-state index in [2.05, 4.69) is 49.0 Å². The Hall–Kier alpha value is 0.270. The van der Waals surface area contributed by atoms with Gasteiger partial charge in [0.1, 0.15) is 0 Å². The summed E-state index contributed by atoms with van der Waals surface area (Å²) < 4.78 is 0. The second-order valence-electron chi connectivity index (χ2n) is 6.29. The summed E-state index contributed by atoms with van der Waals surface area (Å²) in [7, 11) is 0. The van der Waals surface area contributed by atoms with Gasteiger partial charge in [0.05, 0.1) is 0 Å². The highest BCUT2D eigenvalue weighted by atomic mass is 32.2. The molecule has 4 atom stereocenters. The fourth-order valence-electron chi connectivity index (χ4n) is 3.64. The van der Waals surface area contributed by atoms with Crippen LogP contribution in [0.4, 0.5) is 0 Å². The van der Waals surface area contributed by atoms with Crippen LogP contribution in [0.3, 0.4) is 0 Å². The topological polar surface area (TPSA) is 15.3 Å². The fraction of sp³-hybridized carbons (Fsp3) is 1.00. The molecule has 0 amide bonds. The maximum absolute atomic E-state index is 3.76. The Kier molecular flexibility index (Phi) is 5.40. The molecule has 1 aliphatic heterocycles. The molecule has 2 rings (SSSR count). The van der Waals surface area contributed by atoms with E-state index in [1.807, 2.05) is 0 Å². The van der Waals surface area contributed by atoms with Crippen LogP contribution in [0.1, 0.15) is 46.5 Å². The van der Waals surface area contributed by atoms with E-state index in [1.165, 1.54) is 38.8 Å². The minimum atomic E-state index is 0.691. The second-order valence-corrected chi connectivity index (χ2v) is 7.37. The molecule has 0 aromatic rings. The van der Waals surface area contributed by atoms with Gasteiger partial charge in [-0.1, -0.05) is 27.2 Å². The van der Waals surface area contributed by atoms with E-state index in [4.69, 9.17) is 0 Å². The van der Waals surface area contributed by atoms with Gasteiger partial charge in [-0.15, -0.1) is 0 Å². The van der Waals surface area contributed by atoms with E-state index >= 15 is 0 Å². The first-order valence-electron chi connectivity index (χ1n) is 7.69. The van der Waals surface area contributed by atoms with E-state index in [1.54, 1.807) is 0 Å². The lowest BCUT2D eigenvalue weighted by molar-refractivity contribution is 0.0712. The molecule has 2 nitrogen and oxygen atoms in total. The summed E-state index contributed by atoms with van der Waals surface area (Å²) in [5.74, 6) is 0.749. The molecule has 4 unspecified atom stereocenters. The molecule has 0 spiro atoms. The third-order valence-electron chi connectivity index (χ3n) is 4.91. The van der Waals surface area contributed by atoms with Crippen molar-refractivity contribution >= 4 is 11.8 Å². The normalized spacial score (nSPS) is 38.5. The van der Waals surface area contributed by atoms with Crippen LogP contribution in [0.25, 0.3) is 0 Å². The number of nitrogens with one attached hydrogen (secondary N) is 1. The molecule has 0 radical (unpaired) electrons. The maximum atomic E-state index is 3.76. The molecule has 1 heterocycles. The van der Waals surface area contributed by atoms with E-state index < -0.39 is 0 Å². The summed E-state index contributed by atoms with van der Waals surface area (Å²) in [6, 6.07) is 2.29. The lowest BCUT2D eigenvalue weighted by Gasteiger charge is -2.46. The van der Waals surface area contributed by atoms with Crippen LogP contribution in [-0.4, -0.2) is 47.6 Å². The monoisotopic (exact) mass is 270 g/mol. The van der Waals surface area contributed by atoms with Crippen molar-refractivity contribution in [3.8, 4) is 0 Å². The van der Waals surface area contributed by atoms with Crippen LogP contribution in [0.5, 0.6) is 0 Å². The molecular weight excluding hydrogens is 240 g/mol. The van der Waals surface area contributed by atoms with Crippen molar-refractivity contribution in [1.29, 1.82) is 0 Å². The molecule has 106 valence electrons. The molecule has 1 N–H and O–H groups in total. The van der Waals surface area contributed by atoms with Crippen molar-refractivity contribution in [2.45, 2.75) is 69.8 Å². The Morgan fingerprint density at radius 2 is 2.11 bits per heavy atom. The van der Waals surface area contributed by atoms with Gasteiger partial charge < -0.3 is 5.32 Å². The van der Waals surface area contributed by atoms with Crippen molar-refractivity contribution in [3.63, 3.8) is 0 Å². The molecule has 0 aromatic heterocycles. The Labute approximate surface area is 117 Å². The van der Waals surface area contributed by atoms with Crippen LogP contribution >= 0.6 is 11.8 Å². The highest BCUT2D eigenvalue weighted by Gasteiger charge is 2.38. The summed E-state index contributed by atoms with van der Waals surface area (Å²) in [4.78, 5) is 2.86. The second kappa shape index (κ2) is 6.62. The van der Waals surface area contributed by atoms with Crippen LogP contribution in [0.15, 0.2) is 0 Å². The molecule has 3 heteroatoms. The first-order valence-corrected chi connectivity index (χ1v) is 8.98. The van der Waals surface area contributed by atoms with Crippen molar-refractivity contribution in [2.75, 3.05) is 19.3 Å². The van der Waals surface area contributed by atoms with Crippen molar-refractivity contribution in [2.24, 2.45) is 5.92 Å². The quantitative estimate of drug-likeness (QED) is 0.845. The zero-order valence-corrected chi connectivity index (χ0v) is 13.3. The molecule has 18 heavy (non-hydrogen) atoms. The predicted molar refractivity (Wildman–Crippen MR) is 82.4 cm³/mol. The summed E-state index contributed by atoms with van der Waals surface area (Å²) in [6.07, 6.45) is 7.87. The molecular formula is C15H30N2S. The summed E-state index contributed by atoms with van der Waals surface area (Å²) >= 11 is 2.09. The van der Waals surface area contributed by atoms with Crippen LogP contribution in [0, 0.1) is 5.92 Å². The Balaban J connectivity index is 2.05. The lowest BCUT2D eigenvalue weighted by atomic mass is 9.96. The third kappa shape index (κ3) is 3.05. The average molecular weight is 270 g/mol. The van der Waals surface area contributed by atoms with Crippen LogP contribution < -0.4 is 5.32 Å². The number of thioether (sulfide) groups is 1. The summed E-state index contributed by atoms with van der Waals surface area (Å²) in [6.45, 7) is 9.50. The Bertz CT molecular complexity index is 257. The number of piperazine rings is 1. The predicted octanol–water partition coefficient (Wildman–Crippen LogP) is 2.98. The van der Waals surface area contributed by atoms with Gasteiger partial charge in [-0.25, -0.2) is 0 Å². The van der Waals surface area contributed by atoms with Gasteiger partial charge >= 0.3 is 0 Å². The van der Waals surface area contributed by atoms with Gasteiger partial charge in [-0.3, -0.25) is 4.90 Å². The van der Waals surface area contributed by atoms with Gasteiger partial charge in [0, 0.05) is 36.5 Å². The third-order valence-corrected chi connectivity index (χ3v) is 6.07. The zero-order chi connectivity index (χ0) is 13.1. The van der Waals surface area contributed by atoms with Gasteiger partial charge in [0.25, 0.3) is 0 Å². The number of rotatable bonds is 4. The first kappa shape index (κ1) is 14.7. The maximum Gasteiger partial charge on any atom is 0.0222 e. The van der Waals surface area contributed by atoms with E-state index in [0.717, 1.165) is 23.3 Å². The Morgan fingerprint density at radius 3 is 2.72 bits per heavy atom. The molecule has 2 fully saturated rings. The fourth-order valence-corrected chi connectivity index (χ4v) is 4.65. The average Bonchev–Trinajstić information content (AvgIpc) is 2.85. The minimum absolute atomic E-state index is 0.691. The van der Waals surface area contributed by atoms with Crippen molar-refractivity contribution < 1.29 is 0 Å².